The summed E-state index contributed by atoms with van der Waals surface area (Å²) in [7, 11) is 0. The molecule has 0 aliphatic rings. The van der Waals surface area contributed by atoms with Crippen molar-refractivity contribution in [3.8, 4) is 0 Å². The molecule has 0 spiro atoms. The van der Waals surface area contributed by atoms with E-state index in [0.717, 1.165) is 21.9 Å². The average Bonchev–Trinajstić information content (AvgIpc) is 3.04. The molecule has 25 heavy (non-hydrogen) atoms. The van der Waals surface area contributed by atoms with E-state index in [9.17, 15) is 4.79 Å². The zero-order valence-electron chi connectivity index (χ0n) is 14.3. The SMILES string of the molecule is Cc1cc(CSc2ccccc2C(=O)NCc2ccccc2C)no1. The van der Waals surface area contributed by atoms with Gasteiger partial charge in [0, 0.05) is 23.3 Å². The van der Waals surface area contributed by atoms with Crippen LogP contribution < -0.4 is 5.32 Å². The summed E-state index contributed by atoms with van der Waals surface area (Å²) in [4.78, 5) is 13.5. The standard InChI is InChI=1S/C20H20N2O2S/c1-14-7-3-4-8-16(14)12-21-20(23)18-9-5-6-10-19(18)25-13-17-11-15(2)24-22-17/h3-11H,12-13H2,1-2H3,(H,21,23). The first-order valence-electron chi connectivity index (χ1n) is 8.10. The number of nitrogens with zero attached hydrogens (tertiary/aromatic N) is 1. The highest BCUT2D eigenvalue weighted by atomic mass is 32.2. The summed E-state index contributed by atoms with van der Waals surface area (Å²) < 4.78 is 5.09. The largest absolute Gasteiger partial charge is 0.361 e. The number of amides is 1. The predicted molar refractivity (Wildman–Crippen MR) is 99.6 cm³/mol. The van der Waals surface area contributed by atoms with Gasteiger partial charge in [0.05, 0.1) is 11.3 Å². The van der Waals surface area contributed by atoms with Gasteiger partial charge in [-0.15, -0.1) is 11.8 Å². The minimum Gasteiger partial charge on any atom is -0.361 e. The number of hydrogen-bond donors (Lipinski definition) is 1. The van der Waals surface area contributed by atoms with Crippen LogP contribution >= 0.6 is 11.8 Å². The summed E-state index contributed by atoms with van der Waals surface area (Å²) in [6.45, 7) is 4.44. The van der Waals surface area contributed by atoms with E-state index in [0.29, 0.717) is 17.9 Å². The lowest BCUT2D eigenvalue weighted by Crippen LogP contribution is -2.23. The van der Waals surface area contributed by atoms with Crippen molar-refractivity contribution < 1.29 is 9.32 Å². The number of aryl methyl sites for hydroxylation is 2. The van der Waals surface area contributed by atoms with Crippen molar-refractivity contribution in [1.29, 1.82) is 0 Å². The fraction of sp³-hybridized carbons (Fsp3) is 0.200. The molecule has 1 amide bonds. The van der Waals surface area contributed by atoms with E-state index >= 15 is 0 Å². The minimum absolute atomic E-state index is 0.0670. The number of aromatic nitrogens is 1. The molecule has 0 atom stereocenters. The van der Waals surface area contributed by atoms with Crippen molar-refractivity contribution in [3.63, 3.8) is 0 Å². The maximum Gasteiger partial charge on any atom is 0.252 e. The number of nitrogens with one attached hydrogen (secondary N) is 1. The van der Waals surface area contributed by atoms with Gasteiger partial charge < -0.3 is 9.84 Å². The van der Waals surface area contributed by atoms with Gasteiger partial charge in [-0.3, -0.25) is 4.79 Å². The third kappa shape index (κ3) is 4.51. The van der Waals surface area contributed by atoms with Gasteiger partial charge in [-0.05, 0) is 37.1 Å². The van der Waals surface area contributed by atoms with Gasteiger partial charge in [-0.1, -0.05) is 41.6 Å². The Morgan fingerprint density at radius 2 is 1.88 bits per heavy atom. The van der Waals surface area contributed by atoms with Gasteiger partial charge >= 0.3 is 0 Å². The van der Waals surface area contributed by atoms with Gasteiger partial charge in [0.15, 0.2) is 0 Å². The number of rotatable bonds is 6. The molecule has 0 fully saturated rings. The molecule has 1 aromatic heterocycles. The molecule has 5 heteroatoms. The van der Waals surface area contributed by atoms with Gasteiger partial charge in [-0.2, -0.15) is 0 Å². The number of hydrogen-bond acceptors (Lipinski definition) is 4. The fourth-order valence-corrected chi connectivity index (χ4v) is 3.43. The quantitative estimate of drug-likeness (QED) is 0.663. The van der Waals surface area contributed by atoms with Crippen LogP contribution in [0.2, 0.25) is 0 Å². The van der Waals surface area contributed by atoms with Gasteiger partial charge in [-0.25, -0.2) is 0 Å². The second-order valence-corrected chi connectivity index (χ2v) is 6.84. The molecule has 0 saturated carbocycles. The molecule has 0 saturated heterocycles. The molecule has 128 valence electrons. The Morgan fingerprint density at radius 3 is 2.64 bits per heavy atom. The van der Waals surface area contributed by atoms with Crippen LogP contribution in [0, 0.1) is 13.8 Å². The van der Waals surface area contributed by atoms with Gasteiger partial charge in [0.2, 0.25) is 0 Å². The summed E-state index contributed by atoms with van der Waals surface area (Å²) in [6.07, 6.45) is 0. The molecule has 1 heterocycles. The van der Waals surface area contributed by atoms with Crippen LogP contribution in [0.25, 0.3) is 0 Å². The zero-order valence-corrected chi connectivity index (χ0v) is 15.1. The first-order chi connectivity index (χ1) is 12.1. The molecule has 0 aliphatic carbocycles. The Kier molecular flexibility index (Phi) is 5.56. The predicted octanol–water partition coefficient (Wildman–Crippen LogP) is 4.51. The highest BCUT2D eigenvalue weighted by Gasteiger charge is 2.12. The molecule has 3 aromatic rings. The number of benzene rings is 2. The Morgan fingerprint density at radius 1 is 1.12 bits per heavy atom. The first kappa shape index (κ1) is 17.3. The summed E-state index contributed by atoms with van der Waals surface area (Å²) in [5.41, 5.74) is 3.85. The van der Waals surface area contributed by atoms with E-state index in [-0.39, 0.29) is 5.91 Å². The van der Waals surface area contributed by atoms with E-state index in [1.807, 2.05) is 68.4 Å². The third-order valence-corrected chi connectivity index (χ3v) is 4.99. The van der Waals surface area contributed by atoms with Crippen LogP contribution in [0.5, 0.6) is 0 Å². The Balaban J connectivity index is 1.67. The monoisotopic (exact) mass is 352 g/mol. The topological polar surface area (TPSA) is 55.1 Å². The Labute approximate surface area is 151 Å². The van der Waals surface area contributed by atoms with E-state index < -0.39 is 0 Å². The highest BCUT2D eigenvalue weighted by Crippen LogP contribution is 2.26. The molecular weight excluding hydrogens is 332 g/mol. The van der Waals surface area contributed by atoms with Crippen LogP contribution in [0.1, 0.15) is 32.9 Å². The fourth-order valence-electron chi connectivity index (χ4n) is 2.50. The summed E-state index contributed by atoms with van der Waals surface area (Å²) in [6, 6.07) is 17.6. The lowest BCUT2D eigenvalue weighted by Gasteiger charge is -2.10. The normalized spacial score (nSPS) is 10.6. The molecule has 2 aromatic carbocycles. The number of carbonyl (C=O) groups is 1. The lowest BCUT2D eigenvalue weighted by atomic mass is 10.1. The molecule has 3 rings (SSSR count). The molecule has 4 nitrogen and oxygen atoms in total. The van der Waals surface area contributed by atoms with Gasteiger partial charge in [0.1, 0.15) is 5.76 Å². The van der Waals surface area contributed by atoms with Crippen LogP contribution in [0.15, 0.2) is 64.0 Å². The van der Waals surface area contributed by atoms with Crippen LogP contribution in [0.4, 0.5) is 0 Å². The van der Waals surface area contributed by atoms with Gasteiger partial charge in [0.25, 0.3) is 5.91 Å². The van der Waals surface area contributed by atoms with E-state index in [1.165, 1.54) is 5.56 Å². The molecular formula is C20H20N2O2S. The third-order valence-electron chi connectivity index (χ3n) is 3.88. The second kappa shape index (κ2) is 8.03. The molecule has 0 bridgehead atoms. The Hall–Kier alpha value is -2.53. The smallest absolute Gasteiger partial charge is 0.252 e. The summed E-state index contributed by atoms with van der Waals surface area (Å²) in [5.74, 6) is 1.39. The molecule has 1 N–H and O–H groups in total. The summed E-state index contributed by atoms with van der Waals surface area (Å²) >= 11 is 1.58. The van der Waals surface area contributed by atoms with Crippen molar-refractivity contribution >= 4 is 17.7 Å². The molecule has 0 aliphatic heterocycles. The second-order valence-electron chi connectivity index (χ2n) is 5.82. The molecule has 0 radical (unpaired) electrons. The van der Waals surface area contributed by atoms with E-state index in [4.69, 9.17) is 4.52 Å². The van der Waals surface area contributed by atoms with Crippen molar-refractivity contribution in [3.05, 3.63) is 82.7 Å². The van der Waals surface area contributed by atoms with Crippen LogP contribution in [-0.2, 0) is 12.3 Å². The first-order valence-corrected chi connectivity index (χ1v) is 9.09. The minimum atomic E-state index is -0.0670. The van der Waals surface area contributed by atoms with Crippen LogP contribution in [-0.4, -0.2) is 11.1 Å². The van der Waals surface area contributed by atoms with Crippen LogP contribution in [0.3, 0.4) is 0 Å². The molecule has 0 unspecified atom stereocenters. The van der Waals surface area contributed by atoms with E-state index in [1.54, 1.807) is 11.8 Å². The van der Waals surface area contributed by atoms with Crippen molar-refractivity contribution in [2.24, 2.45) is 0 Å². The number of thioether (sulfide) groups is 1. The Bertz CT molecular complexity index is 873. The zero-order chi connectivity index (χ0) is 17.6. The lowest BCUT2D eigenvalue weighted by molar-refractivity contribution is 0.0948. The average molecular weight is 352 g/mol. The van der Waals surface area contributed by atoms with Crippen molar-refractivity contribution in [2.75, 3.05) is 0 Å². The van der Waals surface area contributed by atoms with Crippen molar-refractivity contribution in [2.45, 2.75) is 31.0 Å². The summed E-state index contributed by atoms with van der Waals surface area (Å²) in [5, 5.41) is 7.01. The maximum absolute atomic E-state index is 12.6. The van der Waals surface area contributed by atoms with E-state index in [2.05, 4.69) is 10.5 Å². The maximum atomic E-state index is 12.6. The van der Waals surface area contributed by atoms with Crippen molar-refractivity contribution in [1.82, 2.24) is 10.5 Å². The highest BCUT2D eigenvalue weighted by molar-refractivity contribution is 7.98. The number of carbonyl (C=O) groups excluding carboxylic acids is 1.